The molecule has 0 spiro atoms. The molecule has 2 heterocycles. The Balaban J connectivity index is 1.58. The van der Waals surface area contributed by atoms with E-state index < -0.39 is 0 Å². The van der Waals surface area contributed by atoms with E-state index in [0.717, 1.165) is 26.9 Å². The monoisotopic (exact) mass is 365 g/mol. The van der Waals surface area contributed by atoms with Gasteiger partial charge in [-0.15, -0.1) is 11.3 Å². The lowest BCUT2D eigenvalue weighted by molar-refractivity contribution is 0.0954. The van der Waals surface area contributed by atoms with Crippen molar-refractivity contribution in [2.24, 2.45) is 0 Å². The molecule has 130 valence electrons. The van der Waals surface area contributed by atoms with Gasteiger partial charge in [-0.1, -0.05) is 18.2 Å². The molecule has 0 saturated carbocycles. The largest absolute Gasteiger partial charge is 0.347 e. The van der Waals surface area contributed by atoms with Crippen LogP contribution in [0.1, 0.15) is 20.8 Å². The summed E-state index contributed by atoms with van der Waals surface area (Å²) in [6, 6.07) is 14.3. The standard InChI is InChI=1S/C20H16FN3OS/c1-13-16-11-15(21)7-8-18(16)26-19(13)20(25)22-12-14-5-2-3-6-17(14)24-10-4-9-23-24/h2-11H,12H2,1H3,(H,22,25). The first-order valence-corrected chi connectivity index (χ1v) is 9.00. The van der Waals surface area contributed by atoms with Crippen LogP contribution < -0.4 is 5.32 Å². The van der Waals surface area contributed by atoms with Gasteiger partial charge in [0.2, 0.25) is 0 Å². The number of nitrogens with one attached hydrogen (secondary N) is 1. The Kier molecular flexibility index (Phi) is 4.26. The number of para-hydroxylation sites is 1. The molecule has 0 atom stereocenters. The van der Waals surface area contributed by atoms with Crippen LogP contribution in [0.15, 0.2) is 60.9 Å². The van der Waals surface area contributed by atoms with E-state index in [1.54, 1.807) is 16.9 Å². The van der Waals surface area contributed by atoms with E-state index in [1.165, 1.54) is 23.5 Å². The van der Waals surface area contributed by atoms with Crippen LogP contribution in [-0.2, 0) is 6.54 Å². The Hall–Kier alpha value is -2.99. The first-order chi connectivity index (χ1) is 12.6. The molecule has 0 bridgehead atoms. The zero-order valence-corrected chi connectivity index (χ0v) is 14.9. The molecule has 0 unspecified atom stereocenters. The zero-order chi connectivity index (χ0) is 18.1. The van der Waals surface area contributed by atoms with Gasteiger partial charge in [0.1, 0.15) is 5.82 Å². The molecule has 4 aromatic rings. The molecule has 0 fully saturated rings. The van der Waals surface area contributed by atoms with Crippen LogP contribution in [0.5, 0.6) is 0 Å². The third-order valence-electron chi connectivity index (χ3n) is 4.29. The van der Waals surface area contributed by atoms with Crippen LogP contribution in [0.3, 0.4) is 0 Å². The van der Waals surface area contributed by atoms with E-state index in [-0.39, 0.29) is 11.7 Å². The van der Waals surface area contributed by atoms with Crippen LogP contribution in [0.4, 0.5) is 4.39 Å². The lowest BCUT2D eigenvalue weighted by Gasteiger charge is -2.10. The minimum atomic E-state index is -0.293. The number of nitrogens with zero attached hydrogens (tertiary/aromatic N) is 2. The molecule has 1 N–H and O–H groups in total. The van der Waals surface area contributed by atoms with Crippen molar-refractivity contribution in [2.45, 2.75) is 13.5 Å². The van der Waals surface area contributed by atoms with Crippen LogP contribution in [0, 0.1) is 12.7 Å². The average molecular weight is 365 g/mol. The Labute approximate surface area is 153 Å². The van der Waals surface area contributed by atoms with Gasteiger partial charge in [-0.25, -0.2) is 9.07 Å². The Morgan fingerprint density at radius 2 is 2.08 bits per heavy atom. The van der Waals surface area contributed by atoms with Gasteiger partial charge in [0.05, 0.1) is 10.6 Å². The van der Waals surface area contributed by atoms with Crippen molar-refractivity contribution >= 4 is 27.3 Å². The molecule has 0 aliphatic rings. The summed E-state index contributed by atoms with van der Waals surface area (Å²) in [7, 11) is 0. The number of aromatic nitrogens is 2. The summed E-state index contributed by atoms with van der Waals surface area (Å²) < 4.78 is 16.2. The third-order valence-corrected chi connectivity index (χ3v) is 5.56. The quantitative estimate of drug-likeness (QED) is 0.580. The van der Waals surface area contributed by atoms with E-state index >= 15 is 0 Å². The van der Waals surface area contributed by atoms with Gasteiger partial charge < -0.3 is 5.32 Å². The Bertz CT molecular complexity index is 1090. The molecule has 2 aromatic carbocycles. The van der Waals surface area contributed by atoms with Gasteiger partial charge in [-0.3, -0.25) is 4.79 Å². The van der Waals surface area contributed by atoms with E-state index in [9.17, 15) is 9.18 Å². The highest BCUT2D eigenvalue weighted by atomic mass is 32.1. The van der Waals surface area contributed by atoms with E-state index in [2.05, 4.69) is 10.4 Å². The molecule has 0 aliphatic heterocycles. The molecular weight excluding hydrogens is 349 g/mol. The minimum absolute atomic E-state index is 0.153. The smallest absolute Gasteiger partial charge is 0.261 e. The molecule has 2 aromatic heterocycles. The number of benzene rings is 2. The van der Waals surface area contributed by atoms with Gasteiger partial charge in [0.15, 0.2) is 0 Å². The van der Waals surface area contributed by atoms with Gasteiger partial charge in [-0.05, 0) is 53.8 Å². The second-order valence-corrected chi connectivity index (χ2v) is 7.01. The maximum Gasteiger partial charge on any atom is 0.261 e. The van der Waals surface area contributed by atoms with Crippen molar-refractivity contribution < 1.29 is 9.18 Å². The molecule has 0 saturated heterocycles. The molecule has 6 heteroatoms. The van der Waals surface area contributed by atoms with Gasteiger partial charge >= 0.3 is 0 Å². The van der Waals surface area contributed by atoms with Gasteiger partial charge in [0, 0.05) is 23.6 Å². The highest BCUT2D eigenvalue weighted by Gasteiger charge is 2.16. The molecule has 1 amide bonds. The van der Waals surface area contributed by atoms with Gasteiger partial charge in [0.25, 0.3) is 5.91 Å². The van der Waals surface area contributed by atoms with E-state index in [4.69, 9.17) is 0 Å². The first-order valence-electron chi connectivity index (χ1n) is 8.18. The summed E-state index contributed by atoms with van der Waals surface area (Å²) in [6.45, 7) is 2.24. The highest BCUT2D eigenvalue weighted by Crippen LogP contribution is 2.31. The molecular formula is C20H16FN3OS. The SMILES string of the molecule is Cc1c(C(=O)NCc2ccccc2-n2cccn2)sc2ccc(F)cc12. The summed E-state index contributed by atoms with van der Waals surface area (Å²) in [6.07, 6.45) is 3.58. The summed E-state index contributed by atoms with van der Waals surface area (Å²) in [5.74, 6) is -0.446. The Morgan fingerprint density at radius 1 is 1.23 bits per heavy atom. The number of rotatable bonds is 4. The predicted molar refractivity (Wildman–Crippen MR) is 101 cm³/mol. The van der Waals surface area contributed by atoms with Crippen LogP contribution >= 0.6 is 11.3 Å². The van der Waals surface area contributed by atoms with Crippen molar-refractivity contribution in [1.29, 1.82) is 0 Å². The molecule has 0 radical (unpaired) electrons. The fraction of sp³-hybridized carbons (Fsp3) is 0.100. The van der Waals surface area contributed by atoms with E-state index in [0.29, 0.717) is 11.4 Å². The summed E-state index contributed by atoms with van der Waals surface area (Å²) >= 11 is 1.38. The summed E-state index contributed by atoms with van der Waals surface area (Å²) in [5, 5.41) is 8.01. The number of hydrogen-bond acceptors (Lipinski definition) is 3. The van der Waals surface area contributed by atoms with E-state index in [1.807, 2.05) is 43.5 Å². The normalized spacial score (nSPS) is 11.0. The predicted octanol–water partition coefficient (Wildman–Crippen LogP) is 4.46. The van der Waals surface area contributed by atoms with Crippen LogP contribution in [-0.4, -0.2) is 15.7 Å². The number of amides is 1. The van der Waals surface area contributed by atoms with Crippen molar-refractivity contribution in [3.05, 3.63) is 82.7 Å². The lowest BCUT2D eigenvalue weighted by Crippen LogP contribution is -2.23. The molecule has 4 rings (SSSR count). The molecule has 0 aliphatic carbocycles. The zero-order valence-electron chi connectivity index (χ0n) is 14.1. The van der Waals surface area contributed by atoms with Crippen molar-refractivity contribution in [1.82, 2.24) is 15.1 Å². The number of hydrogen-bond donors (Lipinski definition) is 1. The van der Waals surface area contributed by atoms with Crippen LogP contribution in [0.2, 0.25) is 0 Å². The Morgan fingerprint density at radius 3 is 2.88 bits per heavy atom. The molecule has 26 heavy (non-hydrogen) atoms. The number of fused-ring (bicyclic) bond motifs is 1. The topological polar surface area (TPSA) is 46.9 Å². The van der Waals surface area contributed by atoms with Crippen LogP contribution in [0.25, 0.3) is 15.8 Å². The number of carbonyl (C=O) groups excluding carboxylic acids is 1. The van der Waals surface area contributed by atoms with Crippen molar-refractivity contribution in [3.8, 4) is 5.69 Å². The van der Waals surface area contributed by atoms with Crippen molar-refractivity contribution in [2.75, 3.05) is 0 Å². The fourth-order valence-electron chi connectivity index (χ4n) is 2.96. The third kappa shape index (κ3) is 2.99. The maximum atomic E-state index is 13.5. The van der Waals surface area contributed by atoms with Gasteiger partial charge in [-0.2, -0.15) is 5.10 Å². The number of thiophene rings is 1. The maximum absolute atomic E-state index is 13.5. The number of halogens is 1. The number of carbonyl (C=O) groups is 1. The molecule has 4 nitrogen and oxygen atoms in total. The number of aryl methyl sites for hydroxylation is 1. The lowest BCUT2D eigenvalue weighted by atomic mass is 10.1. The average Bonchev–Trinajstić information content (AvgIpc) is 3.29. The highest BCUT2D eigenvalue weighted by molar-refractivity contribution is 7.21. The van der Waals surface area contributed by atoms with Crippen molar-refractivity contribution in [3.63, 3.8) is 0 Å². The first kappa shape index (κ1) is 16.5. The summed E-state index contributed by atoms with van der Waals surface area (Å²) in [4.78, 5) is 13.3. The minimum Gasteiger partial charge on any atom is -0.347 e. The second kappa shape index (κ2) is 6.72. The fourth-order valence-corrected chi connectivity index (χ4v) is 4.07. The second-order valence-electron chi connectivity index (χ2n) is 5.96. The summed E-state index contributed by atoms with van der Waals surface area (Å²) in [5.41, 5.74) is 2.70.